The zero-order valence-electron chi connectivity index (χ0n) is 28.1. The zero-order valence-corrected chi connectivity index (χ0v) is 28.1. The van der Waals surface area contributed by atoms with Crippen molar-refractivity contribution >= 4 is 49.0 Å². The maximum Gasteiger partial charge on any atom is 0.0571 e. The summed E-state index contributed by atoms with van der Waals surface area (Å²) in [4.78, 5) is 4.45. The lowest BCUT2D eigenvalue weighted by molar-refractivity contribution is 1.17. The van der Waals surface area contributed by atoms with E-state index in [4.69, 9.17) is 5.73 Å². The summed E-state index contributed by atoms with van der Waals surface area (Å²) in [5.74, 6) is 0. The largest absolute Gasteiger partial charge is 0.398 e. The smallest absolute Gasteiger partial charge is 0.0571 e. The van der Waals surface area contributed by atoms with Crippen molar-refractivity contribution in [1.29, 1.82) is 0 Å². The maximum absolute atomic E-state index is 6.81. The number of benzene rings is 7. The minimum atomic E-state index is 0.731. The lowest BCUT2D eigenvalue weighted by Crippen LogP contribution is -1.97. The van der Waals surface area contributed by atoms with Gasteiger partial charge in [0.25, 0.3) is 0 Å². The molecule has 0 aliphatic carbocycles. The molecule has 0 amide bonds. The first kappa shape index (κ1) is 30.4. The van der Waals surface area contributed by atoms with Gasteiger partial charge in [-0.25, -0.2) is 0 Å². The molecule has 0 aliphatic rings. The summed E-state index contributed by atoms with van der Waals surface area (Å²) in [7, 11) is 0. The number of nitrogens with zero attached hydrogens (tertiary/aromatic N) is 2. The number of rotatable bonds is 7. The molecule has 0 saturated carbocycles. The summed E-state index contributed by atoms with van der Waals surface area (Å²) in [6.07, 6.45) is 10.9. The highest BCUT2D eigenvalue weighted by molar-refractivity contribution is 6.21. The minimum Gasteiger partial charge on any atom is -0.398 e. The number of pyridine rings is 1. The second-order valence-electron chi connectivity index (χ2n) is 13.0. The molecule has 242 valence electrons. The van der Waals surface area contributed by atoms with E-state index in [1.165, 1.54) is 60.3 Å². The number of hydrogen-bond acceptors (Lipinski definition) is 2. The van der Waals surface area contributed by atoms with Crippen molar-refractivity contribution in [2.75, 3.05) is 0 Å². The van der Waals surface area contributed by atoms with E-state index in [1.807, 2.05) is 18.5 Å². The van der Waals surface area contributed by atoms with Crippen LogP contribution in [0.3, 0.4) is 0 Å². The molecular weight excluding hydrogens is 619 g/mol. The predicted octanol–water partition coefficient (Wildman–Crippen LogP) is 11.9. The third-order valence-electron chi connectivity index (χ3n) is 9.89. The molecule has 3 nitrogen and oxygen atoms in total. The van der Waals surface area contributed by atoms with Gasteiger partial charge < -0.3 is 10.3 Å². The average molecular weight is 654 g/mol. The zero-order chi connectivity index (χ0) is 34.1. The number of fused-ring (bicyclic) bond motifs is 5. The molecule has 2 heterocycles. The van der Waals surface area contributed by atoms with Crippen molar-refractivity contribution in [3.8, 4) is 27.9 Å². The Morgan fingerprint density at radius 3 is 1.86 bits per heavy atom. The van der Waals surface area contributed by atoms with Gasteiger partial charge in [-0.2, -0.15) is 0 Å². The third kappa shape index (κ3) is 5.46. The van der Waals surface area contributed by atoms with Crippen LogP contribution in [-0.2, 0) is 6.42 Å². The number of hydrogen-bond donors (Lipinski definition) is 1. The molecule has 0 atom stereocenters. The molecule has 2 aromatic heterocycles. The van der Waals surface area contributed by atoms with Gasteiger partial charge in [0.05, 0.1) is 11.0 Å². The molecular formula is C48H35N3. The van der Waals surface area contributed by atoms with E-state index >= 15 is 0 Å². The van der Waals surface area contributed by atoms with Gasteiger partial charge in [0.15, 0.2) is 0 Å². The Labute approximate surface area is 297 Å². The van der Waals surface area contributed by atoms with Crippen LogP contribution in [0.4, 0.5) is 0 Å². The highest BCUT2D eigenvalue weighted by Crippen LogP contribution is 2.44. The Bertz CT molecular complexity index is 2760. The Morgan fingerprint density at radius 1 is 0.549 bits per heavy atom. The fraction of sp³-hybridized carbons (Fsp3) is 0.0208. The monoisotopic (exact) mass is 653 g/mol. The van der Waals surface area contributed by atoms with Crippen molar-refractivity contribution in [1.82, 2.24) is 9.55 Å². The summed E-state index contributed by atoms with van der Waals surface area (Å²) in [5, 5.41) is 7.23. The van der Waals surface area contributed by atoms with Crippen molar-refractivity contribution in [3.05, 3.63) is 199 Å². The summed E-state index contributed by atoms with van der Waals surface area (Å²) in [5.41, 5.74) is 18.1. The highest BCUT2D eigenvalue weighted by Gasteiger charge is 2.17. The van der Waals surface area contributed by atoms with Gasteiger partial charge in [-0.1, -0.05) is 133 Å². The van der Waals surface area contributed by atoms with Crippen molar-refractivity contribution < 1.29 is 0 Å². The normalized spacial score (nSPS) is 12.1. The van der Waals surface area contributed by atoms with E-state index in [0.29, 0.717) is 0 Å². The van der Waals surface area contributed by atoms with E-state index in [0.717, 1.165) is 34.3 Å². The number of para-hydroxylation sites is 1. The molecule has 0 spiro atoms. The SMILES string of the molecule is N/C(=C\C=C/Cc1ccc2c(c1)c1cnccc1n2-c1ccccc1)c1ccc2c(-c3ccccc3)c3ccccc3c(-c3ccccc3)c2c1. The summed E-state index contributed by atoms with van der Waals surface area (Å²) in [6.45, 7) is 0. The van der Waals surface area contributed by atoms with Gasteiger partial charge >= 0.3 is 0 Å². The van der Waals surface area contributed by atoms with E-state index < -0.39 is 0 Å². The van der Waals surface area contributed by atoms with E-state index in [9.17, 15) is 0 Å². The molecule has 51 heavy (non-hydrogen) atoms. The van der Waals surface area contributed by atoms with Gasteiger partial charge in [0.1, 0.15) is 0 Å². The van der Waals surface area contributed by atoms with E-state index in [1.54, 1.807) is 0 Å². The first-order valence-corrected chi connectivity index (χ1v) is 17.4. The van der Waals surface area contributed by atoms with Crippen LogP contribution < -0.4 is 5.73 Å². The van der Waals surface area contributed by atoms with E-state index in [2.05, 4.69) is 179 Å². The van der Waals surface area contributed by atoms with Gasteiger partial charge in [-0.15, -0.1) is 0 Å². The fourth-order valence-electron chi connectivity index (χ4n) is 7.56. The molecule has 9 aromatic rings. The lowest BCUT2D eigenvalue weighted by Gasteiger charge is -2.18. The standard InChI is InChI=1S/C48H35N3/c49-44(23-13-10-14-33-24-27-45-41(30-33)43-32-50-29-28-46(43)51(45)37-19-8-3-9-20-37)36-25-26-40-42(31-36)48(35-17-6-2-7-18-35)39-22-12-11-21-38(39)47(40)34-15-4-1-5-16-34/h1-13,15-32H,14,49H2/b13-10-,44-23-. The predicted molar refractivity (Wildman–Crippen MR) is 216 cm³/mol. The molecule has 7 aromatic carbocycles. The first-order chi connectivity index (χ1) is 25.2. The number of allylic oxidation sites excluding steroid dienone is 3. The molecule has 2 N–H and O–H groups in total. The fourth-order valence-corrected chi connectivity index (χ4v) is 7.56. The van der Waals surface area contributed by atoms with Crippen molar-refractivity contribution in [2.45, 2.75) is 6.42 Å². The molecule has 9 rings (SSSR count). The molecule has 0 saturated heterocycles. The van der Waals surface area contributed by atoms with Crippen molar-refractivity contribution in [2.24, 2.45) is 5.73 Å². The Kier molecular flexibility index (Phi) is 7.71. The van der Waals surface area contributed by atoms with Crippen LogP contribution >= 0.6 is 0 Å². The Morgan fingerprint density at radius 2 is 1.16 bits per heavy atom. The van der Waals surface area contributed by atoms with Crippen LogP contribution in [0.25, 0.3) is 77.0 Å². The van der Waals surface area contributed by atoms with Crippen LogP contribution in [0.2, 0.25) is 0 Å². The maximum atomic E-state index is 6.81. The Balaban J connectivity index is 1.08. The van der Waals surface area contributed by atoms with Gasteiger partial charge in [-0.3, -0.25) is 4.98 Å². The van der Waals surface area contributed by atoms with Gasteiger partial charge in [0.2, 0.25) is 0 Å². The molecule has 0 aliphatic heterocycles. The molecule has 0 fully saturated rings. The summed E-state index contributed by atoms with van der Waals surface area (Å²) >= 11 is 0. The van der Waals surface area contributed by atoms with Crippen LogP contribution in [0.15, 0.2) is 188 Å². The van der Waals surface area contributed by atoms with Gasteiger partial charge in [0, 0.05) is 34.6 Å². The minimum absolute atomic E-state index is 0.731. The van der Waals surface area contributed by atoms with E-state index in [-0.39, 0.29) is 0 Å². The highest BCUT2D eigenvalue weighted by atomic mass is 15.0. The summed E-state index contributed by atoms with van der Waals surface area (Å²) in [6, 6.07) is 56.1. The van der Waals surface area contributed by atoms with Crippen LogP contribution in [0, 0.1) is 0 Å². The molecule has 0 bridgehead atoms. The third-order valence-corrected chi connectivity index (χ3v) is 9.89. The van der Waals surface area contributed by atoms with Crippen LogP contribution in [0.5, 0.6) is 0 Å². The topological polar surface area (TPSA) is 43.8 Å². The van der Waals surface area contributed by atoms with Crippen molar-refractivity contribution in [3.63, 3.8) is 0 Å². The molecule has 3 heteroatoms. The quantitative estimate of drug-likeness (QED) is 0.137. The number of nitrogens with two attached hydrogens (primary N) is 1. The molecule has 0 radical (unpaired) electrons. The molecule has 0 unspecified atom stereocenters. The van der Waals surface area contributed by atoms with Gasteiger partial charge in [-0.05, 0) is 104 Å². The second kappa shape index (κ2) is 13.0. The average Bonchev–Trinajstić information content (AvgIpc) is 3.53. The van der Waals surface area contributed by atoms with Crippen LogP contribution in [-0.4, -0.2) is 9.55 Å². The second-order valence-corrected chi connectivity index (χ2v) is 13.0. The lowest BCUT2D eigenvalue weighted by atomic mass is 9.85. The first-order valence-electron chi connectivity index (χ1n) is 17.4. The Hall–Kier alpha value is -6.71. The van der Waals surface area contributed by atoms with Crippen LogP contribution in [0.1, 0.15) is 11.1 Å². The number of aromatic nitrogens is 2. The summed E-state index contributed by atoms with van der Waals surface area (Å²) < 4.78 is 2.31.